The second kappa shape index (κ2) is 5.96. The Bertz CT molecular complexity index is 608. The number of hydrogen-bond acceptors (Lipinski definition) is 4. The normalized spacial score (nSPS) is 18.3. The maximum atomic E-state index is 11.9. The smallest absolute Gasteiger partial charge is 0.224 e. The first-order valence-electron chi connectivity index (χ1n) is 7.05. The molecule has 5 heteroatoms. The SMILES string of the molecule is O=C(CCC1CCCN1)Nc1ccc2nccnc2c1. The minimum absolute atomic E-state index is 0.0574. The van der Waals surface area contributed by atoms with Crippen molar-refractivity contribution in [1.29, 1.82) is 0 Å². The summed E-state index contributed by atoms with van der Waals surface area (Å²) in [4.78, 5) is 20.4. The van der Waals surface area contributed by atoms with Gasteiger partial charge in [-0.3, -0.25) is 14.8 Å². The van der Waals surface area contributed by atoms with E-state index in [1.54, 1.807) is 12.4 Å². The van der Waals surface area contributed by atoms with Crippen LogP contribution in [0.25, 0.3) is 11.0 Å². The van der Waals surface area contributed by atoms with Crippen molar-refractivity contribution < 1.29 is 4.79 Å². The van der Waals surface area contributed by atoms with Crippen molar-refractivity contribution in [3.05, 3.63) is 30.6 Å². The molecule has 1 atom stereocenters. The molecule has 20 heavy (non-hydrogen) atoms. The maximum absolute atomic E-state index is 11.9. The van der Waals surface area contributed by atoms with Crippen LogP contribution in [0.15, 0.2) is 30.6 Å². The van der Waals surface area contributed by atoms with E-state index in [4.69, 9.17) is 0 Å². The lowest BCUT2D eigenvalue weighted by molar-refractivity contribution is -0.116. The highest BCUT2D eigenvalue weighted by atomic mass is 16.1. The van der Waals surface area contributed by atoms with E-state index in [1.165, 1.54) is 12.8 Å². The van der Waals surface area contributed by atoms with Gasteiger partial charge in [-0.15, -0.1) is 0 Å². The second-order valence-electron chi connectivity index (χ2n) is 5.14. The van der Waals surface area contributed by atoms with E-state index in [1.807, 2.05) is 18.2 Å². The molecule has 1 amide bonds. The molecule has 1 fully saturated rings. The Morgan fingerprint density at radius 3 is 2.95 bits per heavy atom. The number of carbonyl (C=O) groups is 1. The molecular weight excluding hydrogens is 252 g/mol. The Hall–Kier alpha value is -2.01. The van der Waals surface area contributed by atoms with Crippen LogP contribution in [-0.4, -0.2) is 28.5 Å². The first kappa shape index (κ1) is 13.0. The fraction of sp³-hybridized carbons (Fsp3) is 0.400. The summed E-state index contributed by atoms with van der Waals surface area (Å²) >= 11 is 0. The van der Waals surface area contributed by atoms with Gasteiger partial charge < -0.3 is 10.6 Å². The number of nitrogens with one attached hydrogen (secondary N) is 2. The van der Waals surface area contributed by atoms with E-state index >= 15 is 0 Å². The van der Waals surface area contributed by atoms with Crippen LogP contribution in [0.1, 0.15) is 25.7 Å². The van der Waals surface area contributed by atoms with Gasteiger partial charge in [-0.05, 0) is 44.0 Å². The van der Waals surface area contributed by atoms with Crippen molar-refractivity contribution in [1.82, 2.24) is 15.3 Å². The third-order valence-electron chi connectivity index (χ3n) is 3.64. The number of hydrogen-bond donors (Lipinski definition) is 2. The van der Waals surface area contributed by atoms with Crippen molar-refractivity contribution >= 4 is 22.6 Å². The van der Waals surface area contributed by atoms with Gasteiger partial charge in [0, 0.05) is 30.5 Å². The van der Waals surface area contributed by atoms with Crippen molar-refractivity contribution in [2.45, 2.75) is 31.7 Å². The minimum atomic E-state index is 0.0574. The summed E-state index contributed by atoms with van der Waals surface area (Å²) in [5, 5.41) is 6.33. The van der Waals surface area contributed by atoms with Crippen LogP contribution >= 0.6 is 0 Å². The maximum Gasteiger partial charge on any atom is 0.224 e. The van der Waals surface area contributed by atoms with Crippen LogP contribution < -0.4 is 10.6 Å². The van der Waals surface area contributed by atoms with Crippen LogP contribution in [0, 0.1) is 0 Å². The van der Waals surface area contributed by atoms with Gasteiger partial charge in [0.2, 0.25) is 5.91 Å². The molecule has 3 rings (SSSR count). The first-order valence-corrected chi connectivity index (χ1v) is 7.05. The quantitative estimate of drug-likeness (QED) is 0.893. The van der Waals surface area contributed by atoms with Crippen LogP contribution in [0.2, 0.25) is 0 Å². The highest BCUT2D eigenvalue weighted by Crippen LogP contribution is 2.16. The van der Waals surface area contributed by atoms with Gasteiger partial charge in [-0.25, -0.2) is 0 Å². The van der Waals surface area contributed by atoms with E-state index in [0.717, 1.165) is 29.7 Å². The Morgan fingerprint density at radius 1 is 1.30 bits per heavy atom. The molecule has 1 aromatic carbocycles. The zero-order chi connectivity index (χ0) is 13.8. The van der Waals surface area contributed by atoms with Crippen molar-refractivity contribution in [2.24, 2.45) is 0 Å². The van der Waals surface area contributed by atoms with E-state index in [2.05, 4.69) is 20.6 Å². The lowest BCUT2D eigenvalue weighted by Gasteiger charge is -2.10. The molecule has 2 aromatic rings. The largest absolute Gasteiger partial charge is 0.326 e. The molecule has 1 unspecified atom stereocenters. The molecule has 0 bridgehead atoms. The summed E-state index contributed by atoms with van der Waals surface area (Å²) < 4.78 is 0. The van der Waals surface area contributed by atoms with E-state index in [-0.39, 0.29) is 5.91 Å². The Balaban J connectivity index is 1.59. The van der Waals surface area contributed by atoms with Gasteiger partial charge in [-0.1, -0.05) is 0 Å². The molecule has 1 aliphatic heterocycles. The predicted molar refractivity (Wildman–Crippen MR) is 78.4 cm³/mol. The van der Waals surface area contributed by atoms with Crippen molar-refractivity contribution in [3.63, 3.8) is 0 Å². The number of anilines is 1. The molecule has 1 aromatic heterocycles. The summed E-state index contributed by atoms with van der Waals surface area (Å²) in [7, 11) is 0. The molecule has 104 valence electrons. The fourth-order valence-electron chi connectivity index (χ4n) is 2.57. The highest BCUT2D eigenvalue weighted by Gasteiger charge is 2.15. The van der Waals surface area contributed by atoms with Gasteiger partial charge in [0.15, 0.2) is 0 Å². The molecule has 0 aliphatic carbocycles. The molecular formula is C15H18N4O. The van der Waals surface area contributed by atoms with Crippen LogP contribution in [0.4, 0.5) is 5.69 Å². The first-order chi connectivity index (χ1) is 9.81. The lowest BCUT2D eigenvalue weighted by Crippen LogP contribution is -2.23. The summed E-state index contributed by atoms with van der Waals surface area (Å²) in [6.45, 7) is 1.08. The van der Waals surface area contributed by atoms with E-state index < -0.39 is 0 Å². The lowest BCUT2D eigenvalue weighted by atomic mass is 10.1. The van der Waals surface area contributed by atoms with Crippen LogP contribution in [0.5, 0.6) is 0 Å². The zero-order valence-corrected chi connectivity index (χ0v) is 11.3. The van der Waals surface area contributed by atoms with Gasteiger partial charge >= 0.3 is 0 Å². The molecule has 0 saturated carbocycles. The zero-order valence-electron chi connectivity index (χ0n) is 11.3. The van der Waals surface area contributed by atoms with Crippen LogP contribution in [-0.2, 0) is 4.79 Å². The number of rotatable bonds is 4. The van der Waals surface area contributed by atoms with Gasteiger partial charge in [0.1, 0.15) is 0 Å². The number of amides is 1. The monoisotopic (exact) mass is 270 g/mol. The third kappa shape index (κ3) is 3.11. The number of carbonyl (C=O) groups excluding carboxylic acids is 1. The number of fused-ring (bicyclic) bond motifs is 1. The number of nitrogens with zero attached hydrogens (tertiary/aromatic N) is 2. The third-order valence-corrected chi connectivity index (χ3v) is 3.64. The Kier molecular flexibility index (Phi) is 3.87. The Labute approximate surface area is 117 Å². The summed E-state index contributed by atoms with van der Waals surface area (Å²) in [5.41, 5.74) is 2.41. The van der Waals surface area contributed by atoms with E-state index in [9.17, 15) is 4.79 Å². The fourth-order valence-corrected chi connectivity index (χ4v) is 2.57. The highest BCUT2D eigenvalue weighted by molar-refractivity contribution is 5.92. The topological polar surface area (TPSA) is 66.9 Å². The van der Waals surface area contributed by atoms with Crippen molar-refractivity contribution in [3.8, 4) is 0 Å². The van der Waals surface area contributed by atoms with Gasteiger partial charge in [-0.2, -0.15) is 0 Å². The number of aromatic nitrogens is 2. The predicted octanol–water partition coefficient (Wildman–Crippen LogP) is 2.10. The number of benzene rings is 1. The molecule has 5 nitrogen and oxygen atoms in total. The Morgan fingerprint density at radius 2 is 2.15 bits per heavy atom. The molecule has 2 heterocycles. The summed E-state index contributed by atoms with van der Waals surface area (Å²) in [6.07, 6.45) is 7.17. The second-order valence-corrected chi connectivity index (χ2v) is 5.14. The molecule has 0 radical (unpaired) electrons. The molecule has 1 saturated heterocycles. The molecule has 0 spiro atoms. The summed E-state index contributed by atoms with van der Waals surface area (Å²) in [5.74, 6) is 0.0574. The van der Waals surface area contributed by atoms with Crippen molar-refractivity contribution in [2.75, 3.05) is 11.9 Å². The summed E-state index contributed by atoms with van der Waals surface area (Å²) in [6, 6.07) is 6.09. The average molecular weight is 270 g/mol. The van der Waals surface area contributed by atoms with E-state index in [0.29, 0.717) is 12.5 Å². The average Bonchev–Trinajstić information content (AvgIpc) is 2.98. The molecule has 1 aliphatic rings. The molecule has 2 N–H and O–H groups in total. The standard InChI is InChI=1S/C15H18N4O/c20-15(6-4-11-2-1-7-16-11)19-12-3-5-13-14(10-12)18-9-8-17-13/h3,5,8-11,16H,1-2,4,6-7H2,(H,19,20). The van der Waals surface area contributed by atoms with Gasteiger partial charge in [0.05, 0.1) is 11.0 Å². The van der Waals surface area contributed by atoms with Gasteiger partial charge in [0.25, 0.3) is 0 Å². The van der Waals surface area contributed by atoms with Crippen LogP contribution in [0.3, 0.4) is 0 Å². The minimum Gasteiger partial charge on any atom is -0.326 e.